The smallest absolute Gasteiger partial charge is 0.135 e. The summed E-state index contributed by atoms with van der Waals surface area (Å²) < 4.78 is 5.75. The Kier molecular flexibility index (Phi) is 5.43. The Morgan fingerprint density at radius 3 is 2.83 bits per heavy atom. The minimum Gasteiger partial charge on any atom is -0.373 e. The van der Waals surface area contributed by atoms with Gasteiger partial charge in [-0.3, -0.25) is 4.90 Å². The Morgan fingerprint density at radius 1 is 1.21 bits per heavy atom. The number of rotatable bonds is 6. The molecule has 0 radical (unpaired) electrons. The number of aromatic nitrogens is 2. The second-order valence-electron chi connectivity index (χ2n) is 6.83. The van der Waals surface area contributed by atoms with Crippen molar-refractivity contribution in [3.05, 3.63) is 54.0 Å². The molecule has 1 N–H and O–H groups in total. The Bertz CT molecular complexity index is 645. The molecule has 1 saturated heterocycles. The van der Waals surface area contributed by atoms with Gasteiger partial charge in [-0.1, -0.05) is 30.3 Å². The first-order valence-electron chi connectivity index (χ1n) is 8.57. The van der Waals surface area contributed by atoms with Gasteiger partial charge in [-0.15, -0.1) is 0 Å². The number of anilines is 1. The highest BCUT2D eigenvalue weighted by Crippen LogP contribution is 2.16. The first-order chi connectivity index (χ1) is 11.6. The van der Waals surface area contributed by atoms with Crippen LogP contribution in [0.15, 0.2) is 42.6 Å². The Morgan fingerprint density at radius 2 is 2.04 bits per heavy atom. The Labute approximate surface area is 144 Å². The second kappa shape index (κ2) is 7.73. The van der Waals surface area contributed by atoms with Gasteiger partial charge in [-0.25, -0.2) is 9.97 Å². The third-order valence-electron chi connectivity index (χ3n) is 4.15. The van der Waals surface area contributed by atoms with E-state index < -0.39 is 0 Å². The van der Waals surface area contributed by atoms with E-state index in [1.807, 2.05) is 30.5 Å². The third kappa shape index (κ3) is 5.01. The lowest BCUT2D eigenvalue weighted by atomic mass is 10.1. The van der Waals surface area contributed by atoms with Crippen LogP contribution >= 0.6 is 0 Å². The summed E-state index contributed by atoms with van der Waals surface area (Å²) in [6.45, 7) is 8.93. The molecule has 24 heavy (non-hydrogen) atoms. The SMILES string of the molecule is CC1(C)CN(CCNc2ccnc(Cc3ccccc3)n2)CCO1. The second-order valence-corrected chi connectivity index (χ2v) is 6.83. The van der Waals surface area contributed by atoms with E-state index in [0.717, 1.165) is 50.8 Å². The zero-order valence-electron chi connectivity index (χ0n) is 14.5. The van der Waals surface area contributed by atoms with Crippen molar-refractivity contribution in [2.45, 2.75) is 25.9 Å². The minimum atomic E-state index is -0.0456. The first-order valence-corrected chi connectivity index (χ1v) is 8.57. The molecule has 0 aliphatic carbocycles. The predicted octanol–water partition coefficient (Wildman–Crippen LogP) is 2.59. The van der Waals surface area contributed by atoms with Crippen molar-refractivity contribution in [3.63, 3.8) is 0 Å². The number of morpholine rings is 1. The summed E-state index contributed by atoms with van der Waals surface area (Å²) in [6.07, 6.45) is 2.58. The van der Waals surface area contributed by atoms with Gasteiger partial charge in [0.2, 0.25) is 0 Å². The predicted molar refractivity (Wildman–Crippen MR) is 96.2 cm³/mol. The molecule has 1 fully saturated rings. The van der Waals surface area contributed by atoms with Crippen molar-refractivity contribution >= 4 is 5.82 Å². The molecule has 0 atom stereocenters. The fraction of sp³-hybridized carbons (Fsp3) is 0.474. The average molecular weight is 326 g/mol. The number of benzene rings is 1. The number of nitrogens with one attached hydrogen (secondary N) is 1. The standard InChI is InChI=1S/C19H26N4O/c1-19(2)15-23(12-13-24-19)11-10-21-17-8-9-20-18(22-17)14-16-6-4-3-5-7-16/h3-9H,10-15H2,1-2H3,(H,20,21,22). The molecule has 1 aromatic heterocycles. The summed E-state index contributed by atoms with van der Waals surface area (Å²) in [5.41, 5.74) is 1.18. The van der Waals surface area contributed by atoms with Crippen LogP contribution in [0.4, 0.5) is 5.82 Å². The third-order valence-corrected chi connectivity index (χ3v) is 4.15. The van der Waals surface area contributed by atoms with Crippen LogP contribution in [0.5, 0.6) is 0 Å². The van der Waals surface area contributed by atoms with Gasteiger partial charge in [0.1, 0.15) is 11.6 Å². The Balaban J connectivity index is 1.50. The minimum absolute atomic E-state index is 0.0456. The van der Waals surface area contributed by atoms with E-state index in [4.69, 9.17) is 4.74 Å². The average Bonchev–Trinajstić information content (AvgIpc) is 2.55. The highest BCUT2D eigenvalue weighted by Gasteiger charge is 2.26. The van der Waals surface area contributed by atoms with Crippen molar-refractivity contribution in [3.8, 4) is 0 Å². The van der Waals surface area contributed by atoms with Gasteiger partial charge in [0.15, 0.2) is 0 Å². The summed E-state index contributed by atoms with van der Waals surface area (Å²) >= 11 is 0. The van der Waals surface area contributed by atoms with Crippen molar-refractivity contribution in [2.24, 2.45) is 0 Å². The maximum Gasteiger partial charge on any atom is 0.135 e. The fourth-order valence-electron chi connectivity index (χ4n) is 3.01. The molecule has 1 aliphatic heterocycles. The van der Waals surface area contributed by atoms with E-state index in [9.17, 15) is 0 Å². The normalized spacial score (nSPS) is 17.6. The van der Waals surface area contributed by atoms with Gasteiger partial charge in [0.25, 0.3) is 0 Å². The Hall–Kier alpha value is -1.98. The van der Waals surface area contributed by atoms with Crippen molar-refractivity contribution in [1.29, 1.82) is 0 Å². The van der Waals surface area contributed by atoms with Crippen LogP contribution in [0.25, 0.3) is 0 Å². The first kappa shape index (κ1) is 16.9. The van der Waals surface area contributed by atoms with Gasteiger partial charge in [0, 0.05) is 38.8 Å². The van der Waals surface area contributed by atoms with Crippen LogP contribution in [-0.4, -0.2) is 53.3 Å². The summed E-state index contributed by atoms with van der Waals surface area (Å²) in [7, 11) is 0. The maximum absolute atomic E-state index is 5.75. The molecule has 0 spiro atoms. The molecule has 0 unspecified atom stereocenters. The van der Waals surface area contributed by atoms with Crippen LogP contribution in [-0.2, 0) is 11.2 Å². The zero-order valence-corrected chi connectivity index (χ0v) is 14.5. The van der Waals surface area contributed by atoms with E-state index in [2.05, 4.69) is 46.2 Å². The lowest BCUT2D eigenvalue weighted by Crippen LogP contribution is -2.49. The molecule has 5 nitrogen and oxygen atoms in total. The highest BCUT2D eigenvalue weighted by atomic mass is 16.5. The number of hydrogen-bond acceptors (Lipinski definition) is 5. The molecular weight excluding hydrogens is 300 g/mol. The van der Waals surface area contributed by atoms with Crippen LogP contribution in [0.2, 0.25) is 0 Å². The van der Waals surface area contributed by atoms with Gasteiger partial charge in [0.05, 0.1) is 12.2 Å². The van der Waals surface area contributed by atoms with Crippen LogP contribution < -0.4 is 5.32 Å². The lowest BCUT2D eigenvalue weighted by Gasteiger charge is -2.38. The molecule has 0 bridgehead atoms. The summed E-state index contributed by atoms with van der Waals surface area (Å²) in [4.78, 5) is 11.4. The van der Waals surface area contributed by atoms with Crippen LogP contribution in [0.3, 0.4) is 0 Å². The summed E-state index contributed by atoms with van der Waals surface area (Å²) in [5.74, 6) is 1.74. The summed E-state index contributed by atoms with van der Waals surface area (Å²) in [5, 5.41) is 3.41. The van der Waals surface area contributed by atoms with Crippen LogP contribution in [0.1, 0.15) is 25.2 Å². The van der Waals surface area contributed by atoms with Crippen molar-refractivity contribution in [2.75, 3.05) is 38.1 Å². The number of hydrogen-bond donors (Lipinski definition) is 1. The van der Waals surface area contributed by atoms with Gasteiger partial charge < -0.3 is 10.1 Å². The molecule has 1 aliphatic rings. The monoisotopic (exact) mass is 326 g/mol. The fourth-order valence-corrected chi connectivity index (χ4v) is 3.01. The molecule has 5 heteroatoms. The molecule has 128 valence electrons. The van der Waals surface area contributed by atoms with Crippen molar-refractivity contribution in [1.82, 2.24) is 14.9 Å². The molecule has 2 heterocycles. The highest BCUT2D eigenvalue weighted by molar-refractivity contribution is 5.33. The molecule has 1 aromatic carbocycles. The van der Waals surface area contributed by atoms with Gasteiger partial charge in [-0.2, -0.15) is 0 Å². The van der Waals surface area contributed by atoms with E-state index >= 15 is 0 Å². The maximum atomic E-state index is 5.75. The quantitative estimate of drug-likeness (QED) is 0.884. The van der Waals surface area contributed by atoms with Crippen molar-refractivity contribution < 1.29 is 4.74 Å². The van der Waals surface area contributed by atoms with E-state index in [-0.39, 0.29) is 5.60 Å². The lowest BCUT2D eigenvalue weighted by molar-refractivity contribution is -0.0848. The molecular formula is C19H26N4O. The molecule has 2 aromatic rings. The molecule has 0 saturated carbocycles. The van der Waals surface area contributed by atoms with Crippen LogP contribution in [0, 0.1) is 0 Å². The number of nitrogens with zero attached hydrogens (tertiary/aromatic N) is 3. The molecule has 0 amide bonds. The number of ether oxygens (including phenoxy) is 1. The van der Waals surface area contributed by atoms with Gasteiger partial charge in [-0.05, 0) is 25.5 Å². The largest absolute Gasteiger partial charge is 0.373 e. The summed E-state index contributed by atoms with van der Waals surface area (Å²) in [6, 6.07) is 12.2. The zero-order chi connectivity index (χ0) is 16.8. The van der Waals surface area contributed by atoms with E-state index in [0.29, 0.717) is 0 Å². The van der Waals surface area contributed by atoms with Gasteiger partial charge >= 0.3 is 0 Å². The van der Waals surface area contributed by atoms with E-state index in [1.165, 1.54) is 5.56 Å². The molecule has 3 rings (SSSR count). The van der Waals surface area contributed by atoms with E-state index in [1.54, 1.807) is 0 Å². The topological polar surface area (TPSA) is 50.3 Å².